The lowest BCUT2D eigenvalue weighted by atomic mass is 9.69. The molecule has 0 bridgehead atoms. The first-order chi connectivity index (χ1) is 10.4. The summed E-state index contributed by atoms with van der Waals surface area (Å²) in [6.45, 7) is 2.77. The van der Waals surface area contributed by atoms with Gasteiger partial charge in [0.05, 0.1) is 12.5 Å². The minimum Gasteiger partial charge on any atom is -0.396 e. The van der Waals surface area contributed by atoms with Crippen molar-refractivity contribution in [2.24, 2.45) is 11.3 Å². The molecule has 0 aromatic carbocycles. The van der Waals surface area contributed by atoms with Gasteiger partial charge in [0.25, 0.3) is 0 Å². The Bertz CT molecular complexity index is 415. The molecule has 2 rings (SSSR count). The molecule has 22 heavy (non-hydrogen) atoms. The molecule has 6 nitrogen and oxygen atoms in total. The van der Waals surface area contributed by atoms with Crippen molar-refractivity contribution in [3.8, 4) is 0 Å². The molecule has 1 unspecified atom stereocenters. The summed E-state index contributed by atoms with van der Waals surface area (Å²) in [5.74, 6) is -0.106. The maximum atomic E-state index is 12.6. The average Bonchev–Trinajstić information content (AvgIpc) is 2.80. The molecule has 1 saturated heterocycles. The number of amides is 2. The molecule has 6 heteroatoms. The Kier molecular flexibility index (Phi) is 5.45. The van der Waals surface area contributed by atoms with Gasteiger partial charge in [-0.15, -0.1) is 0 Å². The van der Waals surface area contributed by atoms with Crippen LogP contribution in [0.15, 0.2) is 0 Å². The number of hydrogen-bond acceptors (Lipinski definition) is 4. The van der Waals surface area contributed by atoms with Crippen molar-refractivity contribution in [1.82, 2.24) is 14.7 Å². The van der Waals surface area contributed by atoms with Gasteiger partial charge in [-0.05, 0) is 26.9 Å². The summed E-state index contributed by atoms with van der Waals surface area (Å²) in [6.07, 6.45) is 3.42. The van der Waals surface area contributed by atoms with Gasteiger partial charge >= 0.3 is 0 Å². The molecule has 2 aliphatic rings. The lowest BCUT2D eigenvalue weighted by Gasteiger charge is -2.43. The van der Waals surface area contributed by atoms with Gasteiger partial charge in [-0.2, -0.15) is 0 Å². The normalized spacial score (nSPS) is 23.8. The quantitative estimate of drug-likeness (QED) is 0.720. The number of nitrogens with zero attached hydrogens (tertiary/aromatic N) is 3. The number of likely N-dealkylation sites (tertiary alicyclic amines) is 1. The van der Waals surface area contributed by atoms with Gasteiger partial charge in [-0.1, -0.05) is 6.42 Å². The van der Waals surface area contributed by atoms with Crippen LogP contribution in [0, 0.1) is 11.3 Å². The Morgan fingerprint density at radius 1 is 1.36 bits per heavy atom. The van der Waals surface area contributed by atoms with E-state index in [1.54, 1.807) is 16.8 Å². The fourth-order valence-electron chi connectivity index (χ4n) is 3.41. The molecule has 0 aromatic heterocycles. The standard InChI is InChI=1S/C16H29N3O3/c1-17(2)7-8-19-10-13(9-14(19)21)15(22)18(3)11-16(12-20)5-4-6-16/h13,20H,4-12H2,1-3H3. The first-order valence-electron chi connectivity index (χ1n) is 8.15. The second-order valence-electron chi connectivity index (χ2n) is 7.25. The second kappa shape index (κ2) is 6.96. The molecule has 1 aliphatic heterocycles. The maximum Gasteiger partial charge on any atom is 0.227 e. The molecule has 0 aromatic rings. The summed E-state index contributed by atoms with van der Waals surface area (Å²) in [6, 6.07) is 0. The van der Waals surface area contributed by atoms with Crippen LogP contribution in [0.4, 0.5) is 0 Å². The minimum atomic E-state index is -0.226. The summed E-state index contributed by atoms with van der Waals surface area (Å²) in [5, 5.41) is 9.53. The van der Waals surface area contributed by atoms with Gasteiger partial charge in [-0.3, -0.25) is 9.59 Å². The third-order valence-corrected chi connectivity index (χ3v) is 5.08. The molecule has 1 N–H and O–H groups in total. The predicted molar refractivity (Wildman–Crippen MR) is 84.2 cm³/mol. The molecule has 1 atom stereocenters. The Balaban J connectivity index is 1.86. The average molecular weight is 311 g/mol. The number of aliphatic hydroxyl groups excluding tert-OH is 1. The molecule has 126 valence electrons. The summed E-state index contributed by atoms with van der Waals surface area (Å²) < 4.78 is 0. The molecule has 1 saturated carbocycles. The van der Waals surface area contributed by atoms with Gasteiger partial charge in [0.2, 0.25) is 11.8 Å². The maximum absolute atomic E-state index is 12.6. The van der Waals surface area contributed by atoms with Crippen LogP contribution in [-0.2, 0) is 9.59 Å². The molecular formula is C16H29N3O3. The van der Waals surface area contributed by atoms with Gasteiger partial charge in [0.1, 0.15) is 0 Å². The van der Waals surface area contributed by atoms with Crippen LogP contribution in [0.1, 0.15) is 25.7 Å². The van der Waals surface area contributed by atoms with Gasteiger partial charge in [0, 0.05) is 45.1 Å². The van der Waals surface area contributed by atoms with E-state index in [4.69, 9.17) is 0 Å². The Morgan fingerprint density at radius 2 is 2.05 bits per heavy atom. The fraction of sp³-hybridized carbons (Fsp3) is 0.875. The number of aliphatic hydroxyl groups is 1. The second-order valence-corrected chi connectivity index (χ2v) is 7.25. The van der Waals surface area contributed by atoms with E-state index in [1.165, 1.54) is 0 Å². The molecule has 1 aliphatic carbocycles. The van der Waals surface area contributed by atoms with E-state index in [0.29, 0.717) is 26.1 Å². The Hall–Kier alpha value is -1.14. The number of carbonyl (C=O) groups excluding carboxylic acids is 2. The lowest BCUT2D eigenvalue weighted by Crippen LogP contribution is -2.47. The van der Waals surface area contributed by atoms with Crippen molar-refractivity contribution in [3.63, 3.8) is 0 Å². The van der Waals surface area contributed by atoms with Crippen LogP contribution in [0.25, 0.3) is 0 Å². The van der Waals surface area contributed by atoms with Gasteiger partial charge < -0.3 is 19.8 Å². The summed E-state index contributed by atoms with van der Waals surface area (Å²) in [5.41, 5.74) is -0.0996. The van der Waals surface area contributed by atoms with E-state index in [-0.39, 0.29) is 29.8 Å². The molecule has 0 radical (unpaired) electrons. The highest BCUT2D eigenvalue weighted by atomic mass is 16.3. The van der Waals surface area contributed by atoms with Crippen LogP contribution in [0.2, 0.25) is 0 Å². The molecule has 1 heterocycles. The van der Waals surface area contributed by atoms with Crippen LogP contribution in [-0.4, -0.2) is 85.5 Å². The first kappa shape index (κ1) is 17.2. The van der Waals surface area contributed by atoms with E-state index >= 15 is 0 Å². The van der Waals surface area contributed by atoms with Crippen LogP contribution < -0.4 is 0 Å². The van der Waals surface area contributed by atoms with Crippen molar-refractivity contribution in [3.05, 3.63) is 0 Å². The van der Waals surface area contributed by atoms with Crippen molar-refractivity contribution in [1.29, 1.82) is 0 Å². The topological polar surface area (TPSA) is 64.1 Å². The molecule has 0 spiro atoms. The van der Waals surface area contributed by atoms with Crippen molar-refractivity contribution in [2.75, 3.05) is 53.9 Å². The molecule has 2 fully saturated rings. The predicted octanol–water partition coefficient (Wildman–Crippen LogP) is 0.0175. The summed E-state index contributed by atoms with van der Waals surface area (Å²) in [4.78, 5) is 30.1. The zero-order valence-electron chi connectivity index (χ0n) is 14.0. The zero-order chi connectivity index (χ0) is 16.3. The fourth-order valence-corrected chi connectivity index (χ4v) is 3.41. The lowest BCUT2D eigenvalue weighted by molar-refractivity contribution is -0.137. The SMILES string of the molecule is CN(C)CCN1CC(C(=O)N(C)CC2(CO)CCC2)CC1=O. The van der Waals surface area contributed by atoms with E-state index in [2.05, 4.69) is 0 Å². The Morgan fingerprint density at radius 3 is 2.55 bits per heavy atom. The van der Waals surface area contributed by atoms with Crippen LogP contribution in [0.5, 0.6) is 0 Å². The monoisotopic (exact) mass is 311 g/mol. The van der Waals surface area contributed by atoms with E-state index < -0.39 is 0 Å². The smallest absolute Gasteiger partial charge is 0.227 e. The number of carbonyl (C=O) groups is 2. The third kappa shape index (κ3) is 3.79. The number of rotatable bonds is 7. The third-order valence-electron chi connectivity index (χ3n) is 5.08. The first-order valence-corrected chi connectivity index (χ1v) is 8.15. The van der Waals surface area contributed by atoms with Crippen molar-refractivity contribution in [2.45, 2.75) is 25.7 Å². The minimum absolute atomic E-state index is 0.0421. The summed E-state index contributed by atoms with van der Waals surface area (Å²) in [7, 11) is 5.75. The highest BCUT2D eigenvalue weighted by Gasteiger charge is 2.41. The van der Waals surface area contributed by atoms with E-state index in [1.807, 2.05) is 19.0 Å². The highest BCUT2D eigenvalue weighted by Crippen LogP contribution is 2.41. The highest BCUT2D eigenvalue weighted by molar-refractivity contribution is 5.89. The molecule has 2 amide bonds. The number of likely N-dealkylation sites (N-methyl/N-ethyl adjacent to an activating group) is 1. The zero-order valence-corrected chi connectivity index (χ0v) is 14.0. The largest absolute Gasteiger partial charge is 0.396 e. The van der Waals surface area contributed by atoms with Crippen molar-refractivity contribution >= 4 is 11.8 Å². The Labute approximate surface area is 133 Å². The van der Waals surface area contributed by atoms with E-state index in [9.17, 15) is 14.7 Å². The number of hydrogen-bond donors (Lipinski definition) is 1. The summed E-state index contributed by atoms with van der Waals surface area (Å²) >= 11 is 0. The molecular weight excluding hydrogens is 282 g/mol. The van der Waals surface area contributed by atoms with Gasteiger partial charge in [0.15, 0.2) is 0 Å². The van der Waals surface area contributed by atoms with E-state index in [0.717, 1.165) is 25.8 Å². The van der Waals surface area contributed by atoms with Crippen molar-refractivity contribution < 1.29 is 14.7 Å². The van der Waals surface area contributed by atoms with Gasteiger partial charge in [-0.25, -0.2) is 0 Å². The van der Waals surface area contributed by atoms with Crippen LogP contribution >= 0.6 is 0 Å². The van der Waals surface area contributed by atoms with Crippen LogP contribution in [0.3, 0.4) is 0 Å².